The molecule has 3 N–H and O–H groups in total. The normalized spacial score (nSPS) is 15.5. The number of methoxy groups -OCH3 is 1. The van der Waals surface area contributed by atoms with Gasteiger partial charge in [0.25, 0.3) is 0 Å². The summed E-state index contributed by atoms with van der Waals surface area (Å²) in [5.74, 6) is -0.271. The molecule has 0 fully saturated rings. The first-order valence-electron chi connectivity index (χ1n) is 11.4. The van der Waals surface area contributed by atoms with Crippen LogP contribution in [-0.4, -0.2) is 46.7 Å². The Morgan fingerprint density at radius 1 is 0.938 bits per heavy atom. The van der Waals surface area contributed by atoms with Crippen LogP contribution in [0.3, 0.4) is 0 Å². The summed E-state index contributed by atoms with van der Waals surface area (Å²) in [6, 6.07) is 9.57. The summed E-state index contributed by atoms with van der Waals surface area (Å²) >= 11 is 0. The predicted molar refractivity (Wildman–Crippen MR) is 130 cm³/mol. The molecule has 32 heavy (non-hydrogen) atoms. The average molecular weight is 443 g/mol. The molecule has 0 amide bonds. The van der Waals surface area contributed by atoms with Gasteiger partial charge in [0.05, 0.1) is 19.3 Å². The Hall–Kier alpha value is -2.47. The molecule has 0 unspecified atom stereocenters. The summed E-state index contributed by atoms with van der Waals surface area (Å²) in [5.41, 5.74) is 1.55. The predicted octanol–water partition coefficient (Wildman–Crippen LogP) is 4.74. The summed E-state index contributed by atoms with van der Waals surface area (Å²) in [4.78, 5) is 11.1. The van der Waals surface area contributed by atoms with Gasteiger partial charge in [-0.1, -0.05) is 99.1 Å². The van der Waals surface area contributed by atoms with E-state index in [-0.39, 0.29) is 5.97 Å². The van der Waals surface area contributed by atoms with Crippen LogP contribution in [0.2, 0.25) is 0 Å². The van der Waals surface area contributed by atoms with Gasteiger partial charge in [0.1, 0.15) is 6.10 Å². The van der Waals surface area contributed by atoms with Crippen molar-refractivity contribution < 1.29 is 24.9 Å². The number of carbonyl (C=O) groups is 1. The first-order chi connectivity index (χ1) is 15.5. The molecule has 0 radical (unpaired) electrons. The summed E-state index contributed by atoms with van der Waals surface area (Å²) < 4.78 is 4.57. The maximum absolute atomic E-state index is 11.1. The van der Waals surface area contributed by atoms with E-state index < -0.39 is 18.3 Å². The van der Waals surface area contributed by atoms with E-state index in [0.717, 1.165) is 24.8 Å². The van der Waals surface area contributed by atoms with Crippen LogP contribution in [0.15, 0.2) is 72.9 Å². The molecule has 0 spiro atoms. The summed E-state index contributed by atoms with van der Waals surface area (Å²) in [5, 5.41) is 31.0. The maximum atomic E-state index is 11.1. The van der Waals surface area contributed by atoms with Gasteiger partial charge in [0.2, 0.25) is 0 Å². The van der Waals surface area contributed by atoms with Crippen LogP contribution in [0.25, 0.3) is 5.57 Å². The van der Waals surface area contributed by atoms with E-state index in [2.05, 4.69) is 11.7 Å². The molecule has 0 aliphatic rings. The number of allylic oxidation sites excluding steroid dienone is 6. The standard InChI is InChI=1S/C27H38O5/c1-3-4-9-20-25(29)27(31)24(22-15-10-8-11-16-22)19-13-7-5-6-12-17-23(28)18-14-21-26(30)32-2/h5-8,10-13,15-17,19,23,25,27-29,31H,3-4,9,14,18,20-21H2,1-2H3/b6-5-,13-7+,17-12+,24-19+/t23-,25+,27-/m1/s1. The lowest BCUT2D eigenvalue weighted by atomic mass is 9.94. The highest BCUT2D eigenvalue weighted by Gasteiger charge is 2.21. The minimum absolute atomic E-state index is 0.271. The van der Waals surface area contributed by atoms with Crippen molar-refractivity contribution >= 4 is 11.5 Å². The van der Waals surface area contributed by atoms with Gasteiger partial charge in [-0.25, -0.2) is 0 Å². The van der Waals surface area contributed by atoms with Gasteiger partial charge in [0.15, 0.2) is 0 Å². The molecule has 176 valence electrons. The van der Waals surface area contributed by atoms with E-state index in [1.807, 2.05) is 54.6 Å². The molecule has 0 saturated heterocycles. The van der Waals surface area contributed by atoms with Gasteiger partial charge in [-0.3, -0.25) is 4.79 Å². The lowest BCUT2D eigenvalue weighted by molar-refractivity contribution is -0.140. The molecule has 1 rings (SSSR count). The van der Waals surface area contributed by atoms with Gasteiger partial charge in [0, 0.05) is 6.42 Å². The van der Waals surface area contributed by atoms with Crippen LogP contribution in [-0.2, 0) is 9.53 Å². The molecular formula is C27H38O5. The lowest BCUT2D eigenvalue weighted by Crippen LogP contribution is -2.27. The zero-order valence-corrected chi connectivity index (χ0v) is 19.3. The Morgan fingerprint density at radius 3 is 2.31 bits per heavy atom. The molecule has 0 aliphatic carbocycles. The van der Waals surface area contributed by atoms with Crippen LogP contribution < -0.4 is 0 Å². The fraction of sp³-hybridized carbons (Fsp3) is 0.444. The molecule has 0 aromatic heterocycles. The number of carbonyl (C=O) groups excluding carboxylic acids is 1. The highest BCUT2D eigenvalue weighted by Crippen LogP contribution is 2.23. The van der Waals surface area contributed by atoms with E-state index in [1.54, 1.807) is 18.2 Å². The lowest BCUT2D eigenvalue weighted by Gasteiger charge is -2.21. The largest absolute Gasteiger partial charge is 0.469 e. The number of unbranched alkanes of at least 4 members (excludes halogenated alkanes) is 2. The highest BCUT2D eigenvalue weighted by atomic mass is 16.5. The smallest absolute Gasteiger partial charge is 0.305 e. The van der Waals surface area contributed by atoms with E-state index >= 15 is 0 Å². The van der Waals surface area contributed by atoms with Crippen LogP contribution in [0, 0.1) is 0 Å². The number of ether oxygens (including phenoxy) is 1. The topological polar surface area (TPSA) is 87.0 Å². The van der Waals surface area contributed by atoms with Gasteiger partial charge in [-0.05, 0) is 30.4 Å². The number of hydrogen-bond acceptors (Lipinski definition) is 5. The molecule has 0 saturated carbocycles. The van der Waals surface area contributed by atoms with Crippen LogP contribution in [0.5, 0.6) is 0 Å². The molecule has 1 aromatic rings. The van der Waals surface area contributed by atoms with Crippen molar-refractivity contribution in [3.8, 4) is 0 Å². The van der Waals surface area contributed by atoms with Gasteiger partial charge >= 0.3 is 5.97 Å². The maximum Gasteiger partial charge on any atom is 0.305 e. The van der Waals surface area contributed by atoms with Crippen molar-refractivity contribution in [3.63, 3.8) is 0 Å². The van der Waals surface area contributed by atoms with Crippen molar-refractivity contribution in [2.24, 2.45) is 0 Å². The third-order valence-corrected chi connectivity index (χ3v) is 5.06. The van der Waals surface area contributed by atoms with Crippen molar-refractivity contribution in [2.45, 2.75) is 70.2 Å². The Bertz CT molecular complexity index is 749. The highest BCUT2D eigenvalue weighted by molar-refractivity contribution is 5.70. The van der Waals surface area contributed by atoms with E-state index in [0.29, 0.717) is 31.3 Å². The Balaban J connectivity index is 2.66. The quantitative estimate of drug-likeness (QED) is 0.207. The van der Waals surface area contributed by atoms with Gasteiger partial charge in [-0.2, -0.15) is 0 Å². The zero-order chi connectivity index (χ0) is 23.6. The summed E-state index contributed by atoms with van der Waals surface area (Å²) in [6.45, 7) is 2.11. The fourth-order valence-electron chi connectivity index (χ4n) is 3.16. The molecule has 1 aromatic carbocycles. The van der Waals surface area contributed by atoms with Crippen molar-refractivity contribution in [1.29, 1.82) is 0 Å². The number of aliphatic hydroxyl groups is 3. The van der Waals surface area contributed by atoms with Gasteiger partial charge < -0.3 is 20.1 Å². The second kappa shape index (κ2) is 17.1. The number of rotatable bonds is 15. The van der Waals surface area contributed by atoms with Crippen LogP contribution in [0.1, 0.15) is 57.4 Å². The zero-order valence-electron chi connectivity index (χ0n) is 19.3. The Kier molecular flexibility index (Phi) is 14.8. The Labute approximate surface area is 192 Å². The summed E-state index contributed by atoms with van der Waals surface area (Å²) in [7, 11) is 1.35. The third-order valence-electron chi connectivity index (χ3n) is 5.06. The Morgan fingerprint density at radius 2 is 1.62 bits per heavy atom. The molecular weight excluding hydrogens is 404 g/mol. The molecule has 0 bridgehead atoms. The number of hydrogen-bond donors (Lipinski definition) is 3. The first-order valence-corrected chi connectivity index (χ1v) is 11.4. The number of aliphatic hydroxyl groups excluding tert-OH is 3. The van der Waals surface area contributed by atoms with Crippen LogP contribution >= 0.6 is 0 Å². The third kappa shape index (κ3) is 11.8. The van der Waals surface area contributed by atoms with Crippen molar-refractivity contribution in [3.05, 3.63) is 78.4 Å². The van der Waals surface area contributed by atoms with Crippen molar-refractivity contribution in [2.75, 3.05) is 7.11 Å². The number of esters is 1. The first kappa shape index (κ1) is 27.6. The second-order valence-electron chi connectivity index (χ2n) is 7.69. The molecule has 0 heterocycles. The fourth-order valence-corrected chi connectivity index (χ4v) is 3.16. The van der Waals surface area contributed by atoms with Crippen LogP contribution in [0.4, 0.5) is 0 Å². The number of benzene rings is 1. The molecule has 3 atom stereocenters. The minimum Gasteiger partial charge on any atom is -0.469 e. The van der Waals surface area contributed by atoms with Gasteiger partial charge in [-0.15, -0.1) is 0 Å². The minimum atomic E-state index is -0.956. The second-order valence-corrected chi connectivity index (χ2v) is 7.69. The SMILES string of the molecule is CCCCC[C@H](O)[C@H](O)/C(=C/C=C/C=C\C=C\[C@@H](O)CCCC(=O)OC)c1ccccc1. The summed E-state index contributed by atoms with van der Waals surface area (Å²) in [6.07, 6.45) is 15.1. The van der Waals surface area contributed by atoms with E-state index in [9.17, 15) is 20.1 Å². The molecule has 5 nitrogen and oxygen atoms in total. The monoisotopic (exact) mass is 442 g/mol. The molecule has 5 heteroatoms. The van der Waals surface area contributed by atoms with Crippen molar-refractivity contribution in [1.82, 2.24) is 0 Å². The van der Waals surface area contributed by atoms with E-state index in [4.69, 9.17) is 0 Å². The average Bonchev–Trinajstić information content (AvgIpc) is 2.81. The van der Waals surface area contributed by atoms with E-state index in [1.165, 1.54) is 7.11 Å². The molecule has 0 aliphatic heterocycles.